The van der Waals surface area contributed by atoms with Crippen LogP contribution in [0.15, 0.2) is 52.2 Å². The zero-order valence-electron chi connectivity index (χ0n) is 10.2. The largest absolute Gasteiger partial charge is 0.431 e. The number of hydrogen-bond donors (Lipinski definition) is 1. The van der Waals surface area contributed by atoms with Crippen LogP contribution in [0.25, 0.3) is 11.1 Å². The lowest BCUT2D eigenvalue weighted by molar-refractivity contribution is 0.489. The Morgan fingerprint density at radius 3 is 3.00 bits per heavy atom. The molecular weight excluding hydrogens is 258 g/mol. The number of benzene rings is 1. The van der Waals surface area contributed by atoms with Crippen molar-refractivity contribution in [3.63, 3.8) is 0 Å². The summed E-state index contributed by atoms with van der Waals surface area (Å²) < 4.78 is 5.64. The molecule has 0 saturated heterocycles. The second-order valence-electron chi connectivity index (χ2n) is 4.13. The average Bonchev–Trinajstić information content (AvgIpc) is 2.82. The van der Waals surface area contributed by atoms with Gasteiger partial charge in [0.25, 0.3) is 5.22 Å². The average molecular weight is 271 g/mol. The van der Waals surface area contributed by atoms with Crippen LogP contribution in [0.5, 0.6) is 0 Å². The summed E-state index contributed by atoms with van der Waals surface area (Å²) in [4.78, 5) is 8.69. The van der Waals surface area contributed by atoms with Gasteiger partial charge in [0.1, 0.15) is 5.52 Å². The summed E-state index contributed by atoms with van der Waals surface area (Å²) in [7, 11) is 0. The molecule has 0 bridgehead atoms. The third-order valence-electron chi connectivity index (χ3n) is 2.70. The van der Waals surface area contributed by atoms with E-state index in [0.29, 0.717) is 10.9 Å². The molecule has 1 aromatic carbocycles. The Morgan fingerprint density at radius 1 is 1.21 bits per heavy atom. The van der Waals surface area contributed by atoms with Crippen molar-refractivity contribution in [2.45, 2.75) is 11.6 Å². The van der Waals surface area contributed by atoms with Crippen LogP contribution >= 0.6 is 11.8 Å². The van der Waals surface area contributed by atoms with Crippen LogP contribution < -0.4 is 5.73 Å². The second kappa shape index (κ2) is 5.32. The first-order valence-corrected chi connectivity index (χ1v) is 6.98. The highest BCUT2D eigenvalue weighted by Gasteiger charge is 2.06. The van der Waals surface area contributed by atoms with Gasteiger partial charge in [-0.1, -0.05) is 17.8 Å². The lowest BCUT2D eigenvalue weighted by atomic mass is 10.3. The summed E-state index contributed by atoms with van der Waals surface area (Å²) in [5.41, 5.74) is 9.05. The summed E-state index contributed by atoms with van der Waals surface area (Å²) in [6.07, 6.45) is 2.70. The van der Waals surface area contributed by atoms with E-state index in [1.807, 2.05) is 36.5 Å². The van der Waals surface area contributed by atoms with Crippen LogP contribution in [0.4, 0.5) is 5.69 Å². The molecule has 19 heavy (non-hydrogen) atoms. The molecule has 2 N–H and O–H groups in total. The molecule has 2 heterocycles. The Kier molecular flexibility index (Phi) is 3.37. The van der Waals surface area contributed by atoms with E-state index in [0.717, 1.165) is 29.0 Å². The van der Waals surface area contributed by atoms with Gasteiger partial charge in [-0.05, 0) is 30.7 Å². The number of aromatic nitrogens is 2. The van der Waals surface area contributed by atoms with Gasteiger partial charge in [-0.15, -0.1) is 0 Å². The predicted molar refractivity (Wildman–Crippen MR) is 77.1 cm³/mol. The molecule has 0 radical (unpaired) electrons. The van der Waals surface area contributed by atoms with Gasteiger partial charge in [-0.2, -0.15) is 0 Å². The number of fused-ring (bicyclic) bond motifs is 1. The first-order chi connectivity index (χ1) is 9.31. The molecular formula is C14H13N3OS. The van der Waals surface area contributed by atoms with E-state index in [-0.39, 0.29) is 0 Å². The molecule has 0 atom stereocenters. The third-order valence-corrected chi connectivity index (χ3v) is 3.53. The molecule has 0 spiro atoms. The van der Waals surface area contributed by atoms with Gasteiger partial charge < -0.3 is 10.2 Å². The van der Waals surface area contributed by atoms with Gasteiger partial charge in [-0.3, -0.25) is 4.98 Å². The maximum atomic E-state index is 5.71. The van der Waals surface area contributed by atoms with Crippen molar-refractivity contribution in [2.75, 3.05) is 11.5 Å². The molecule has 0 unspecified atom stereocenters. The molecule has 5 heteroatoms. The number of aryl methyl sites for hydroxylation is 1. The minimum atomic E-state index is 0.677. The van der Waals surface area contributed by atoms with Crippen molar-refractivity contribution in [3.8, 4) is 0 Å². The lowest BCUT2D eigenvalue weighted by Gasteiger charge is -1.97. The van der Waals surface area contributed by atoms with Crippen molar-refractivity contribution in [3.05, 3.63) is 48.3 Å². The fraction of sp³-hybridized carbons (Fsp3) is 0.143. The molecule has 0 fully saturated rings. The number of nitrogen functional groups attached to an aromatic ring is 1. The third kappa shape index (κ3) is 2.88. The van der Waals surface area contributed by atoms with Crippen molar-refractivity contribution < 1.29 is 4.42 Å². The van der Waals surface area contributed by atoms with E-state index in [1.54, 1.807) is 17.8 Å². The van der Waals surface area contributed by atoms with Gasteiger partial charge in [0.2, 0.25) is 0 Å². The number of nitrogens with zero attached hydrogens (tertiary/aromatic N) is 2. The molecule has 3 rings (SSSR count). The number of pyridine rings is 1. The van der Waals surface area contributed by atoms with Crippen LogP contribution in [0.2, 0.25) is 0 Å². The van der Waals surface area contributed by atoms with Crippen LogP contribution in [0, 0.1) is 0 Å². The summed E-state index contributed by atoms with van der Waals surface area (Å²) >= 11 is 1.59. The molecule has 0 saturated carbocycles. The molecule has 4 nitrogen and oxygen atoms in total. The van der Waals surface area contributed by atoms with Gasteiger partial charge in [0.15, 0.2) is 5.58 Å². The molecule has 2 aromatic heterocycles. The van der Waals surface area contributed by atoms with Crippen molar-refractivity contribution in [2.24, 2.45) is 0 Å². The number of thioether (sulfide) groups is 1. The van der Waals surface area contributed by atoms with E-state index in [1.165, 1.54) is 0 Å². The number of hydrogen-bond acceptors (Lipinski definition) is 5. The highest BCUT2D eigenvalue weighted by atomic mass is 32.2. The van der Waals surface area contributed by atoms with Crippen LogP contribution in [0.1, 0.15) is 5.69 Å². The minimum absolute atomic E-state index is 0.677. The minimum Gasteiger partial charge on any atom is -0.431 e. The molecule has 0 aliphatic carbocycles. The van der Waals surface area contributed by atoms with Crippen LogP contribution in [-0.2, 0) is 6.42 Å². The monoisotopic (exact) mass is 271 g/mol. The maximum Gasteiger partial charge on any atom is 0.256 e. The Hall–Kier alpha value is -2.01. The van der Waals surface area contributed by atoms with E-state index >= 15 is 0 Å². The summed E-state index contributed by atoms with van der Waals surface area (Å²) in [6.45, 7) is 0. The van der Waals surface area contributed by atoms with Gasteiger partial charge in [-0.25, -0.2) is 4.98 Å². The smallest absolute Gasteiger partial charge is 0.256 e. The molecule has 96 valence electrons. The zero-order valence-corrected chi connectivity index (χ0v) is 11.1. The Bertz CT molecular complexity index is 681. The van der Waals surface area contributed by atoms with Crippen molar-refractivity contribution >= 4 is 28.5 Å². The highest BCUT2D eigenvalue weighted by molar-refractivity contribution is 7.99. The standard InChI is InChI=1S/C14H13N3OS/c15-10-4-5-12-13(9-10)18-14(17-12)19-8-6-11-3-1-2-7-16-11/h1-5,7,9H,6,8,15H2. The second-order valence-corrected chi connectivity index (χ2v) is 5.17. The number of nitrogens with two attached hydrogens (primary N) is 1. The van der Waals surface area contributed by atoms with E-state index < -0.39 is 0 Å². The van der Waals surface area contributed by atoms with Crippen LogP contribution in [0.3, 0.4) is 0 Å². The summed E-state index contributed by atoms with van der Waals surface area (Å²) in [6, 6.07) is 11.4. The zero-order chi connectivity index (χ0) is 13.1. The van der Waals surface area contributed by atoms with Crippen molar-refractivity contribution in [1.29, 1.82) is 0 Å². The molecule has 0 aliphatic rings. The van der Waals surface area contributed by atoms with E-state index in [9.17, 15) is 0 Å². The lowest BCUT2D eigenvalue weighted by Crippen LogP contribution is -1.91. The number of anilines is 1. The highest BCUT2D eigenvalue weighted by Crippen LogP contribution is 2.25. The Balaban J connectivity index is 1.65. The fourth-order valence-electron chi connectivity index (χ4n) is 1.77. The SMILES string of the molecule is Nc1ccc2nc(SCCc3ccccn3)oc2c1. The molecule has 0 amide bonds. The molecule has 0 aliphatic heterocycles. The maximum absolute atomic E-state index is 5.71. The first-order valence-electron chi connectivity index (χ1n) is 6.00. The Morgan fingerprint density at radius 2 is 2.16 bits per heavy atom. The number of rotatable bonds is 4. The summed E-state index contributed by atoms with van der Waals surface area (Å²) in [5.74, 6) is 0.888. The normalized spacial score (nSPS) is 10.9. The topological polar surface area (TPSA) is 64.9 Å². The Labute approximate surface area is 115 Å². The van der Waals surface area contributed by atoms with Crippen LogP contribution in [-0.4, -0.2) is 15.7 Å². The predicted octanol–water partition coefficient (Wildman–Crippen LogP) is 3.14. The number of oxazole rings is 1. The first kappa shape index (κ1) is 12.0. The van der Waals surface area contributed by atoms with Gasteiger partial charge >= 0.3 is 0 Å². The molecule has 3 aromatic rings. The fourth-order valence-corrected chi connectivity index (χ4v) is 2.57. The van der Waals surface area contributed by atoms with Crippen molar-refractivity contribution in [1.82, 2.24) is 9.97 Å². The quantitative estimate of drug-likeness (QED) is 0.583. The summed E-state index contributed by atoms with van der Waals surface area (Å²) in [5, 5.41) is 0.677. The van der Waals surface area contributed by atoms with E-state index in [2.05, 4.69) is 9.97 Å². The van der Waals surface area contributed by atoms with Gasteiger partial charge in [0, 0.05) is 29.4 Å². The van der Waals surface area contributed by atoms with E-state index in [4.69, 9.17) is 10.2 Å². The van der Waals surface area contributed by atoms with Gasteiger partial charge in [0.05, 0.1) is 0 Å².